The summed E-state index contributed by atoms with van der Waals surface area (Å²) >= 11 is 2.08. The summed E-state index contributed by atoms with van der Waals surface area (Å²) in [4.78, 5) is 4.39. The molecule has 3 nitrogen and oxygen atoms in total. The third-order valence-electron chi connectivity index (χ3n) is 3.01. The highest BCUT2D eigenvalue weighted by molar-refractivity contribution is 7.99. The molecule has 0 aliphatic carbocycles. The van der Waals surface area contributed by atoms with E-state index in [-0.39, 0.29) is 0 Å². The zero-order valence-corrected chi connectivity index (χ0v) is 10.8. The molecule has 0 bridgehead atoms. The maximum atomic E-state index is 4.39. The molecule has 1 aliphatic heterocycles. The minimum Gasteiger partial charge on any atom is -0.334 e. The Kier molecular flexibility index (Phi) is 4.72. The van der Waals surface area contributed by atoms with E-state index in [0.717, 1.165) is 25.6 Å². The molecule has 1 fully saturated rings. The summed E-state index contributed by atoms with van der Waals surface area (Å²) in [6, 6.07) is 0. The van der Waals surface area contributed by atoms with E-state index in [0.29, 0.717) is 0 Å². The Balaban J connectivity index is 1.73. The molecule has 1 aromatic heterocycles. The summed E-state index contributed by atoms with van der Waals surface area (Å²) in [6.07, 6.45) is 6.52. The van der Waals surface area contributed by atoms with Crippen molar-refractivity contribution in [3.05, 3.63) is 18.2 Å². The number of imidazole rings is 1. The van der Waals surface area contributed by atoms with Crippen molar-refractivity contribution in [1.29, 1.82) is 0 Å². The van der Waals surface area contributed by atoms with Crippen LogP contribution in [0, 0.1) is 5.92 Å². The van der Waals surface area contributed by atoms with Crippen LogP contribution in [0.4, 0.5) is 0 Å². The van der Waals surface area contributed by atoms with Crippen LogP contribution in [-0.4, -0.2) is 27.6 Å². The lowest BCUT2D eigenvalue weighted by molar-refractivity contribution is 0.504. The van der Waals surface area contributed by atoms with Crippen LogP contribution >= 0.6 is 11.8 Å². The highest BCUT2D eigenvalue weighted by Crippen LogP contribution is 2.22. The Bertz CT molecular complexity index is 305. The van der Waals surface area contributed by atoms with Crippen molar-refractivity contribution in [2.45, 2.75) is 32.9 Å². The first-order chi connectivity index (χ1) is 7.90. The molecule has 90 valence electrons. The molecule has 2 rings (SSSR count). The van der Waals surface area contributed by atoms with Crippen LogP contribution in [0.2, 0.25) is 0 Å². The van der Waals surface area contributed by atoms with Crippen LogP contribution < -0.4 is 5.32 Å². The Morgan fingerprint density at radius 1 is 1.62 bits per heavy atom. The number of hydrogen-bond acceptors (Lipinski definition) is 3. The Labute approximate surface area is 102 Å². The molecule has 1 unspecified atom stereocenters. The van der Waals surface area contributed by atoms with E-state index in [2.05, 4.69) is 39.8 Å². The smallest absolute Gasteiger partial charge is 0.122 e. The van der Waals surface area contributed by atoms with Gasteiger partial charge in [-0.25, -0.2) is 4.98 Å². The van der Waals surface area contributed by atoms with Gasteiger partial charge in [-0.3, -0.25) is 0 Å². The van der Waals surface area contributed by atoms with Crippen LogP contribution in [0.1, 0.15) is 25.6 Å². The second-order valence-electron chi connectivity index (χ2n) is 4.40. The number of nitrogens with zero attached hydrogens (tertiary/aromatic N) is 2. The van der Waals surface area contributed by atoms with E-state index in [1.807, 2.05) is 6.20 Å². The molecule has 0 aromatic carbocycles. The number of rotatable bonds is 6. The molecule has 0 spiro atoms. The van der Waals surface area contributed by atoms with Gasteiger partial charge < -0.3 is 9.88 Å². The zero-order chi connectivity index (χ0) is 11.2. The lowest BCUT2D eigenvalue weighted by Crippen LogP contribution is -2.24. The van der Waals surface area contributed by atoms with Gasteiger partial charge in [-0.15, -0.1) is 0 Å². The SMILES string of the molecule is CCCn1ccnc1CNCC1CCSC1. The summed E-state index contributed by atoms with van der Waals surface area (Å²) in [5.41, 5.74) is 0. The van der Waals surface area contributed by atoms with Crippen LogP contribution in [0.25, 0.3) is 0 Å². The molecule has 1 aromatic rings. The van der Waals surface area contributed by atoms with Crippen molar-refractivity contribution in [3.63, 3.8) is 0 Å². The standard InChI is InChI=1S/C12H21N3S/c1-2-5-15-6-4-14-12(15)9-13-8-11-3-7-16-10-11/h4,6,11,13H,2-3,5,7-10H2,1H3. The van der Waals surface area contributed by atoms with Crippen molar-refractivity contribution in [2.75, 3.05) is 18.1 Å². The number of thioether (sulfide) groups is 1. The molecule has 1 aliphatic rings. The molecule has 1 saturated heterocycles. The summed E-state index contributed by atoms with van der Waals surface area (Å²) in [7, 11) is 0. The van der Waals surface area contributed by atoms with Crippen molar-refractivity contribution >= 4 is 11.8 Å². The van der Waals surface area contributed by atoms with E-state index in [9.17, 15) is 0 Å². The Morgan fingerprint density at radius 2 is 2.56 bits per heavy atom. The maximum Gasteiger partial charge on any atom is 0.122 e. The Hall–Kier alpha value is -0.480. The lowest BCUT2D eigenvalue weighted by atomic mass is 10.1. The van der Waals surface area contributed by atoms with Gasteiger partial charge in [0.05, 0.1) is 6.54 Å². The van der Waals surface area contributed by atoms with Crippen LogP contribution in [0.5, 0.6) is 0 Å². The van der Waals surface area contributed by atoms with Gasteiger partial charge in [0.2, 0.25) is 0 Å². The molecule has 0 radical (unpaired) electrons. The van der Waals surface area contributed by atoms with E-state index in [4.69, 9.17) is 0 Å². The summed E-state index contributed by atoms with van der Waals surface area (Å²) < 4.78 is 2.25. The fourth-order valence-electron chi connectivity index (χ4n) is 2.08. The minimum atomic E-state index is 0.875. The monoisotopic (exact) mass is 239 g/mol. The van der Waals surface area contributed by atoms with Crippen LogP contribution in [0.15, 0.2) is 12.4 Å². The van der Waals surface area contributed by atoms with Crippen LogP contribution in [-0.2, 0) is 13.1 Å². The highest BCUT2D eigenvalue weighted by atomic mass is 32.2. The van der Waals surface area contributed by atoms with Crippen molar-refractivity contribution in [2.24, 2.45) is 5.92 Å². The molecule has 1 atom stereocenters. The van der Waals surface area contributed by atoms with E-state index in [1.165, 1.54) is 30.2 Å². The van der Waals surface area contributed by atoms with Crippen molar-refractivity contribution in [3.8, 4) is 0 Å². The molecule has 1 N–H and O–H groups in total. The molecular formula is C12H21N3S. The Morgan fingerprint density at radius 3 is 3.31 bits per heavy atom. The van der Waals surface area contributed by atoms with Gasteiger partial charge in [0, 0.05) is 18.9 Å². The first-order valence-electron chi connectivity index (χ1n) is 6.18. The largest absolute Gasteiger partial charge is 0.334 e. The first-order valence-corrected chi connectivity index (χ1v) is 7.34. The van der Waals surface area contributed by atoms with E-state index in [1.54, 1.807) is 0 Å². The topological polar surface area (TPSA) is 29.9 Å². The van der Waals surface area contributed by atoms with Gasteiger partial charge >= 0.3 is 0 Å². The molecule has 0 saturated carbocycles. The lowest BCUT2D eigenvalue weighted by Gasteiger charge is -2.10. The molecular weight excluding hydrogens is 218 g/mol. The summed E-state index contributed by atoms with van der Waals surface area (Å²) in [6.45, 7) is 5.34. The summed E-state index contributed by atoms with van der Waals surface area (Å²) in [5, 5.41) is 3.53. The fourth-order valence-corrected chi connectivity index (χ4v) is 3.37. The molecule has 0 amide bonds. The first kappa shape index (κ1) is 12.0. The summed E-state index contributed by atoms with van der Waals surface area (Å²) in [5.74, 6) is 4.72. The van der Waals surface area contributed by atoms with Gasteiger partial charge in [0.1, 0.15) is 5.82 Å². The van der Waals surface area contributed by atoms with E-state index >= 15 is 0 Å². The predicted molar refractivity (Wildman–Crippen MR) is 69.7 cm³/mol. The van der Waals surface area contributed by atoms with Crippen LogP contribution in [0.3, 0.4) is 0 Å². The number of nitrogens with one attached hydrogen (secondary N) is 1. The molecule has 4 heteroatoms. The van der Waals surface area contributed by atoms with Gasteiger partial charge in [-0.05, 0) is 36.8 Å². The average Bonchev–Trinajstić information content (AvgIpc) is 2.91. The third-order valence-corrected chi connectivity index (χ3v) is 4.24. The van der Waals surface area contributed by atoms with Crippen molar-refractivity contribution < 1.29 is 0 Å². The van der Waals surface area contributed by atoms with Gasteiger partial charge in [0.15, 0.2) is 0 Å². The zero-order valence-electron chi connectivity index (χ0n) is 9.98. The fraction of sp³-hybridized carbons (Fsp3) is 0.750. The average molecular weight is 239 g/mol. The maximum absolute atomic E-state index is 4.39. The number of hydrogen-bond donors (Lipinski definition) is 1. The number of aryl methyl sites for hydroxylation is 1. The van der Waals surface area contributed by atoms with Crippen molar-refractivity contribution in [1.82, 2.24) is 14.9 Å². The van der Waals surface area contributed by atoms with Gasteiger partial charge in [-0.1, -0.05) is 6.92 Å². The third kappa shape index (κ3) is 3.25. The minimum absolute atomic E-state index is 0.875. The van der Waals surface area contributed by atoms with Gasteiger partial charge in [-0.2, -0.15) is 11.8 Å². The molecule has 16 heavy (non-hydrogen) atoms. The number of aromatic nitrogens is 2. The van der Waals surface area contributed by atoms with Gasteiger partial charge in [0.25, 0.3) is 0 Å². The second kappa shape index (κ2) is 6.30. The second-order valence-corrected chi connectivity index (χ2v) is 5.55. The van der Waals surface area contributed by atoms with E-state index < -0.39 is 0 Å². The normalized spacial score (nSPS) is 20.4. The quantitative estimate of drug-likeness (QED) is 0.825. The highest BCUT2D eigenvalue weighted by Gasteiger charge is 2.14. The predicted octanol–water partition coefficient (Wildman–Crippen LogP) is 2.14. The molecule has 2 heterocycles.